The Bertz CT molecular complexity index is 388. The van der Waals surface area contributed by atoms with E-state index in [2.05, 4.69) is 53.3 Å². The van der Waals surface area contributed by atoms with Crippen molar-refractivity contribution in [2.75, 3.05) is 39.0 Å². The monoisotopic (exact) mass is 276 g/mol. The predicted octanol–water partition coefficient (Wildman–Crippen LogP) is 2.43. The zero-order valence-electron chi connectivity index (χ0n) is 13.1. The lowest BCUT2D eigenvalue weighted by Crippen LogP contribution is -2.37. The number of anilines is 1. The summed E-state index contributed by atoms with van der Waals surface area (Å²) in [6, 6.07) is 5.00. The van der Waals surface area contributed by atoms with Gasteiger partial charge in [-0.05, 0) is 51.5 Å². The van der Waals surface area contributed by atoms with E-state index in [4.69, 9.17) is 0 Å². The molecule has 1 unspecified atom stereocenters. The Hall–Kier alpha value is -1.13. The summed E-state index contributed by atoms with van der Waals surface area (Å²) in [6.45, 7) is 6.56. The molecule has 4 heteroatoms. The maximum atomic E-state index is 4.50. The summed E-state index contributed by atoms with van der Waals surface area (Å²) in [5, 5.41) is 3.32. The van der Waals surface area contributed by atoms with Gasteiger partial charge in [-0.15, -0.1) is 0 Å². The second-order valence-electron chi connectivity index (χ2n) is 6.01. The summed E-state index contributed by atoms with van der Waals surface area (Å²) < 4.78 is 0. The molecule has 112 valence electrons. The van der Waals surface area contributed by atoms with Crippen LogP contribution >= 0.6 is 0 Å². The highest BCUT2D eigenvalue weighted by Gasteiger charge is 2.24. The van der Waals surface area contributed by atoms with Gasteiger partial charge in [0.15, 0.2) is 0 Å². The largest absolute Gasteiger partial charge is 0.370 e. The molecule has 0 aliphatic carbocycles. The summed E-state index contributed by atoms with van der Waals surface area (Å²) in [7, 11) is 4.32. The van der Waals surface area contributed by atoms with Crippen LogP contribution in [-0.2, 0) is 6.54 Å². The molecule has 20 heavy (non-hydrogen) atoms. The summed E-state index contributed by atoms with van der Waals surface area (Å²) in [5.74, 6) is 0.988. The van der Waals surface area contributed by atoms with Crippen LogP contribution in [0.25, 0.3) is 0 Å². The first-order valence-electron chi connectivity index (χ1n) is 7.76. The molecule has 0 radical (unpaired) electrons. The number of aromatic nitrogens is 1. The molecule has 0 saturated carbocycles. The molecule has 2 heterocycles. The molecule has 1 aliphatic heterocycles. The van der Waals surface area contributed by atoms with Gasteiger partial charge in [-0.2, -0.15) is 0 Å². The Labute approximate surface area is 123 Å². The van der Waals surface area contributed by atoms with Crippen molar-refractivity contribution in [3.63, 3.8) is 0 Å². The molecule has 1 aliphatic rings. The first-order chi connectivity index (χ1) is 9.69. The Balaban J connectivity index is 1.88. The van der Waals surface area contributed by atoms with Crippen LogP contribution < -0.4 is 5.32 Å². The third-order valence-electron chi connectivity index (χ3n) is 3.84. The molecule has 1 N–H and O–H groups in total. The minimum atomic E-state index is 0.697. The van der Waals surface area contributed by atoms with E-state index in [-0.39, 0.29) is 0 Å². The van der Waals surface area contributed by atoms with Gasteiger partial charge in [0.1, 0.15) is 5.82 Å². The van der Waals surface area contributed by atoms with Crippen LogP contribution in [0, 0.1) is 0 Å². The average Bonchev–Trinajstić information content (AvgIpc) is 2.84. The van der Waals surface area contributed by atoms with Crippen molar-refractivity contribution in [1.82, 2.24) is 14.8 Å². The summed E-state index contributed by atoms with van der Waals surface area (Å²) in [4.78, 5) is 9.38. The van der Waals surface area contributed by atoms with E-state index in [1.54, 1.807) is 0 Å². The van der Waals surface area contributed by atoms with Crippen molar-refractivity contribution < 1.29 is 0 Å². The number of hydrogen-bond acceptors (Lipinski definition) is 4. The van der Waals surface area contributed by atoms with Crippen LogP contribution in [0.4, 0.5) is 5.82 Å². The van der Waals surface area contributed by atoms with Gasteiger partial charge in [0.2, 0.25) is 0 Å². The van der Waals surface area contributed by atoms with E-state index >= 15 is 0 Å². The molecular weight excluding hydrogens is 248 g/mol. The lowest BCUT2D eigenvalue weighted by atomic mass is 10.2. The van der Waals surface area contributed by atoms with Gasteiger partial charge >= 0.3 is 0 Å². The minimum absolute atomic E-state index is 0.697. The highest BCUT2D eigenvalue weighted by atomic mass is 15.2. The lowest BCUT2D eigenvalue weighted by molar-refractivity contribution is 0.201. The fraction of sp³-hybridized carbons (Fsp3) is 0.688. The summed E-state index contributed by atoms with van der Waals surface area (Å²) >= 11 is 0. The van der Waals surface area contributed by atoms with Crippen molar-refractivity contribution >= 4 is 5.82 Å². The summed E-state index contributed by atoms with van der Waals surface area (Å²) in [6.07, 6.45) is 5.79. The molecule has 0 amide bonds. The lowest BCUT2D eigenvalue weighted by Gasteiger charge is -2.26. The van der Waals surface area contributed by atoms with Gasteiger partial charge in [-0.3, -0.25) is 4.90 Å². The smallest absolute Gasteiger partial charge is 0.125 e. The number of pyridine rings is 1. The van der Waals surface area contributed by atoms with E-state index in [0.29, 0.717) is 6.04 Å². The van der Waals surface area contributed by atoms with Crippen molar-refractivity contribution in [2.45, 2.75) is 38.8 Å². The standard InChI is InChI=1S/C16H28N4/c1-4-9-17-16-8-7-14(11-18-16)12-20-10-5-6-15(20)13-19(2)3/h7-8,11,15H,4-6,9-10,12-13H2,1-3H3,(H,17,18). The normalized spacial score (nSPS) is 19.7. The first kappa shape index (κ1) is 15.3. The fourth-order valence-corrected chi connectivity index (χ4v) is 2.84. The number of likely N-dealkylation sites (tertiary alicyclic amines) is 1. The van der Waals surface area contributed by atoms with Crippen molar-refractivity contribution in [3.05, 3.63) is 23.9 Å². The number of rotatable bonds is 7. The molecule has 1 saturated heterocycles. The van der Waals surface area contributed by atoms with E-state index in [1.165, 1.54) is 24.9 Å². The number of nitrogens with one attached hydrogen (secondary N) is 1. The minimum Gasteiger partial charge on any atom is -0.370 e. The zero-order valence-corrected chi connectivity index (χ0v) is 13.1. The van der Waals surface area contributed by atoms with Crippen LogP contribution in [0.5, 0.6) is 0 Å². The molecule has 0 aromatic carbocycles. The van der Waals surface area contributed by atoms with Gasteiger partial charge < -0.3 is 10.2 Å². The predicted molar refractivity (Wildman–Crippen MR) is 85.0 cm³/mol. The van der Waals surface area contributed by atoms with Crippen molar-refractivity contribution in [1.29, 1.82) is 0 Å². The van der Waals surface area contributed by atoms with Gasteiger partial charge in [0.05, 0.1) is 0 Å². The maximum Gasteiger partial charge on any atom is 0.125 e. The van der Waals surface area contributed by atoms with Crippen molar-refractivity contribution in [2.24, 2.45) is 0 Å². The molecule has 2 rings (SSSR count). The first-order valence-corrected chi connectivity index (χ1v) is 7.76. The van der Waals surface area contributed by atoms with Crippen LogP contribution in [0.3, 0.4) is 0 Å². The Morgan fingerprint density at radius 3 is 2.90 bits per heavy atom. The van der Waals surface area contributed by atoms with Gasteiger partial charge in [0, 0.05) is 31.9 Å². The molecule has 4 nitrogen and oxygen atoms in total. The van der Waals surface area contributed by atoms with Crippen molar-refractivity contribution in [3.8, 4) is 0 Å². The second kappa shape index (κ2) is 7.60. The number of nitrogens with zero attached hydrogens (tertiary/aromatic N) is 3. The molecule has 1 aromatic rings. The SMILES string of the molecule is CCCNc1ccc(CN2CCCC2CN(C)C)cn1. The van der Waals surface area contributed by atoms with E-state index in [9.17, 15) is 0 Å². The molecule has 1 fully saturated rings. The van der Waals surface area contributed by atoms with E-state index < -0.39 is 0 Å². The average molecular weight is 276 g/mol. The second-order valence-corrected chi connectivity index (χ2v) is 6.01. The Morgan fingerprint density at radius 2 is 2.25 bits per heavy atom. The molecule has 0 bridgehead atoms. The highest BCUT2D eigenvalue weighted by Crippen LogP contribution is 2.20. The molecule has 1 aromatic heterocycles. The zero-order chi connectivity index (χ0) is 14.4. The van der Waals surface area contributed by atoms with Gasteiger partial charge in [0.25, 0.3) is 0 Å². The Kier molecular flexibility index (Phi) is 5.80. The van der Waals surface area contributed by atoms with Crippen LogP contribution in [0.2, 0.25) is 0 Å². The van der Waals surface area contributed by atoms with Crippen LogP contribution in [-0.4, -0.2) is 54.6 Å². The highest BCUT2D eigenvalue weighted by molar-refractivity contribution is 5.35. The summed E-state index contributed by atoms with van der Waals surface area (Å²) in [5.41, 5.74) is 1.32. The van der Waals surface area contributed by atoms with E-state index in [1.807, 2.05) is 6.20 Å². The topological polar surface area (TPSA) is 31.4 Å². The fourth-order valence-electron chi connectivity index (χ4n) is 2.84. The van der Waals surface area contributed by atoms with E-state index in [0.717, 1.165) is 31.9 Å². The third kappa shape index (κ3) is 4.46. The molecule has 1 atom stereocenters. The maximum absolute atomic E-state index is 4.50. The molecular formula is C16H28N4. The van der Waals surface area contributed by atoms with Gasteiger partial charge in [-0.1, -0.05) is 13.0 Å². The van der Waals surface area contributed by atoms with Crippen LogP contribution in [0.15, 0.2) is 18.3 Å². The van der Waals surface area contributed by atoms with Gasteiger partial charge in [-0.25, -0.2) is 4.98 Å². The Morgan fingerprint density at radius 1 is 1.40 bits per heavy atom. The molecule has 0 spiro atoms. The third-order valence-corrected chi connectivity index (χ3v) is 3.84. The van der Waals surface area contributed by atoms with Crippen LogP contribution in [0.1, 0.15) is 31.7 Å². The quantitative estimate of drug-likeness (QED) is 0.829. The number of hydrogen-bond donors (Lipinski definition) is 1. The number of likely N-dealkylation sites (N-methyl/N-ethyl adjacent to an activating group) is 1.